The van der Waals surface area contributed by atoms with Gasteiger partial charge in [0.2, 0.25) is 0 Å². The van der Waals surface area contributed by atoms with Crippen molar-refractivity contribution in [1.82, 2.24) is 4.57 Å². The number of fused-ring (bicyclic) bond motifs is 2. The van der Waals surface area contributed by atoms with Crippen molar-refractivity contribution in [2.75, 3.05) is 13.7 Å². The largest absolute Gasteiger partial charge is 0.494 e. The Morgan fingerprint density at radius 1 is 1.00 bits per heavy atom. The molecule has 0 bridgehead atoms. The van der Waals surface area contributed by atoms with Gasteiger partial charge in [0.25, 0.3) is 0 Å². The van der Waals surface area contributed by atoms with Gasteiger partial charge in [-0.25, -0.2) is 4.79 Å². The minimum absolute atomic E-state index is 0.325. The first kappa shape index (κ1) is 18.6. The summed E-state index contributed by atoms with van der Waals surface area (Å²) in [6.07, 6.45) is 0. The van der Waals surface area contributed by atoms with Crippen LogP contribution in [0.3, 0.4) is 0 Å². The molecule has 0 atom stereocenters. The minimum Gasteiger partial charge on any atom is -0.494 e. The van der Waals surface area contributed by atoms with Gasteiger partial charge in [0.1, 0.15) is 5.69 Å². The van der Waals surface area contributed by atoms with E-state index in [1.165, 1.54) is 0 Å². The Kier molecular flexibility index (Phi) is 5.09. The van der Waals surface area contributed by atoms with Crippen LogP contribution in [0.5, 0.6) is 5.75 Å². The SMILES string of the molecule is CCOC(=O)c1cc2c(Br)c3ccccc3c(OC)c2n1Cc1ccccc1. The number of hydrogen-bond acceptors (Lipinski definition) is 3. The van der Waals surface area contributed by atoms with E-state index in [1.807, 2.05) is 72.2 Å². The van der Waals surface area contributed by atoms with Gasteiger partial charge in [-0.3, -0.25) is 0 Å². The first-order valence-electron chi connectivity index (χ1n) is 9.14. The monoisotopic (exact) mass is 437 g/mol. The predicted molar refractivity (Wildman–Crippen MR) is 115 cm³/mol. The van der Waals surface area contributed by atoms with E-state index in [-0.39, 0.29) is 5.97 Å². The van der Waals surface area contributed by atoms with Crippen LogP contribution in [-0.4, -0.2) is 24.3 Å². The first-order valence-corrected chi connectivity index (χ1v) is 9.93. The van der Waals surface area contributed by atoms with Crippen LogP contribution in [0.4, 0.5) is 0 Å². The van der Waals surface area contributed by atoms with Crippen LogP contribution < -0.4 is 4.74 Å². The fraction of sp³-hybridized carbons (Fsp3) is 0.174. The van der Waals surface area contributed by atoms with Gasteiger partial charge in [-0.15, -0.1) is 0 Å². The van der Waals surface area contributed by atoms with Gasteiger partial charge in [-0.05, 0) is 34.5 Å². The molecule has 0 N–H and O–H groups in total. The number of nitrogens with zero attached hydrogens (tertiary/aromatic N) is 1. The molecule has 1 heterocycles. The predicted octanol–water partition coefficient (Wildman–Crippen LogP) is 5.79. The highest BCUT2D eigenvalue weighted by atomic mass is 79.9. The van der Waals surface area contributed by atoms with Gasteiger partial charge >= 0.3 is 5.97 Å². The molecule has 0 saturated heterocycles. The molecule has 4 nitrogen and oxygen atoms in total. The number of halogens is 1. The Morgan fingerprint density at radius 3 is 2.36 bits per heavy atom. The molecule has 0 radical (unpaired) electrons. The van der Waals surface area contributed by atoms with Gasteiger partial charge in [-0.1, -0.05) is 54.6 Å². The van der Waals surface area contributed by atoms with Crippen molar-refractivity contribution in [3.8, 4) is 5.75 Å². The number of carbonyl (C=O) groups is 1. The lowest BCUT2D eigenvalue weighted by Crippen LogP contribution is -2.13. The summed E-state index contributed by atoms with van der Waals surface area (Å²) in [4.78, 5) is 12.7. The maximum atomic E-state index is 12.7. The molecule has 142 valence electrons. The summed E-state index contributed by atoms with van der Waals surface area (Å²) in [6.45, 7) is 2.68. The summed E-state index contributed by atoms with van der Waals surface area (Å²) in [5, 5.41) is 2.96. The molecule has 3 aromatic carbocycles. The molecule has 5 heteroatoms. The van der Waals surface area contributed by atoms with Crippen molar-refractivity contribution in [2.24, 2.45) is 0 Å². The molecule has 0 saturated carbocycles. The quantitative estimate of drug-likeness (QED) is 0.371. The molecule has 0 aliphatic carbocycles. The second kappa shape index (κ2) is 7.68. The van der Waals surface area contributed by atoms with Crippen molar-refractivity contribution < 1.29 is 14.3 Å². The Bertz CT molecular complexity index is 1170. The van der Waals surface area contributed by atoms with E-state index >= 15 is 0 Å². The highest BCUT2D eigenvalue weighted by Crippen LogP contribution is 2.42. The van der Waals surface area contributed by atoms with Crippen LogP contribution in [0.2, 0.25) is 0 Å². The van der Waals surface area contributed by atoms with Crippen LogP contribution in [0.1, 0.15) is 23.0 Å². The second-order valence-electron chi connectivity index (χ2n) is 6.48. The molecule has 0 aliphatic rings. The van der Waals surface area contributed by atoms with Crippen LogP contribution in [0, 0.1) is 0 Å². The zero-order chi connectivity index (χ0) is 19.7. The van der Waals surface area contributed by atoms with E-state index in [4.69, 9.17) is 9.47 Å². The zero-order valence-corrected chi connectivity index (χ0v) is 17.3. The lowest BCUT2D eigenvalue weighted by Gasteiger charge is -2.15. The van der Waals surface area contributed by atoms with Gasteiger partial charge in [0, 0.05) is 27.2 Å². The van der Waals surface area contributed by atoms with E-state index in [0.717, 1.165) is 37.5 Å². The topological polar surface area (TPSA) is 40.5 Å². The number of ether oxygens (including phenoxy) is 2. The maximum absolute atomic E-state index is 12.7. The van der Waals surface area contributed by atoms with Gasteiger partial charge in [0.15, 0.2) is 5.75 Å². The summed E-state index contributed by atoms with van der Waals surface area (Å²) in [5.74, 6) is 0.410. The summed E-state index contributed by atoms with van der Waals surface area (Å²) in [5.41, 5.74) is 2.48. The zero-order valence-electron chi connectivity index (χ0n) is 15.7. The number of methoxy groups -OCH3 is 1. The summed E-state index contributed by atoms with van der Waals surface area (Å²) >= 11 is 3.75. The van der Waals surface area contributed by atoms with E-state index < -0.39 is 0 Å². The van der Waals surface area contributed by atoms with Gasteiger partial charge in [0.05, 0.1) is 19.2 Å². The molecule has 4 aromatic rings. The maximum Gasteiger partial charge on any atom is 0.354 e. The molecule has 0 fully saturated rings. The standard InChI is InChI=1S/C23H20BrNO3/c1-3-28-23(26)19-13-18-20(24)16-11-7-8-12-17(16)22(27-2)21(18)25(19)14-15-9-5-4-6-10-15/h4-13H,3,14H2,1-2H3. The lowest BCUT2D eigenvalue weighted by atomic mass is 10.1. The van der Waals surface area contributed by atoms with Crippen LogP contribution in [-0.2, 0) is 11.3 Å². The third-order valence-corrected chi connectivity index (χ3v) is 5.68. The Labute approximate surface area is 171 Å². The minimum atomic E-state index is -0.340. The molecular weight excluding hydrogens is 418 g/mol. The van der Waals surface area contributed by atoms with E-state index in [2.05, 4.69) is 15.9 Å². The highest BCUT2D eigenvalue weighted by molar-refractivity contribution is 9.10. The smallest absolute Gasteiger partial charge is 0.354 e. The van der Waals surface area contributed by atoms with Crippen LogP contribution in [0.15, 0.2) is 65.1 Å². The summed E-state index contributed by atoms with van der Waals surface area (Å²) in [7, 11) is 1.67. The van der Waals surface area contributed by atoms with E-state index in [1.54, 1.807) is 7.11 Å². The van der Waals surface area contributed by atoms with Crippen LogP contribution in [0.25, 0.3) is 21.7 Å². The molecule has 4 rings (SSSR count). The molecule has 1 aromatic heterocycles. The number of hydrogen-bond donors (Lipinski definition) is 0. The average Bonchev–Trinajstić information content (AvgIpc) is 3.09. The average molecular weight is 438 g/mol. The summed E-state index contributed by atoms with van der Waals surface area (Å²) in [6, 6.07) is 20.0. The number of benzene rings is 3. The third kappa shape index (κ3) is 3.06. The molecule has 0 aliphatic heterocycles. The first-order chi connectivity index (χ1) is 13.7. The van der Waals surface area contributed by atoms with Crippen molar-refractivity contribution in [1.29, 1.82) is 0 Å². The molecule has 0 spiro atoms. The fourth-order valence-electron chi connectivity index (χ4n) is 3.62. The number of aromatic nitrogens is 1. The number of carbonyl (C=O) groups excluding carboxylic acids is 1. The van der Waals surface area contributed by atoms with Crippen LogP contribution >= 0.6 is 15.9 Å². The van der Waals surface area contributed by atoms with E-state index in [9.17, 15) is 4.79 Å². The van der Waals surface area contributed by atoms with Crippen molar-refractivity contribution in [2.45, 2.75) is 13.5 Å². The van der Waals surface area contributed by atoms with Gasteiger partial charge in [-0.2, -0.15) is 0 Å². The molecular formula is C23H20BrNO3. The second-order valence-corrected chi connectivity index (χ2v) is 7.27. The van der Waals surface area contributed by atoms with E-state index in [0.29, 0.717) is 18.8 Å². The third-order valence-electron chi connectivity index (χ3n) is 4.83. The summed E-state index contributed by atoms with van der Waals surface area (Å²) < 4.78 is 14.1. The number of rotatable bonds is 5. The highest BCUT2D eigenvalue weighted by Gasteiger charge is 2.23. The molecule has 28 heavy (non-hydrogen) atoms. The number of esters is 1. The Hall–Kier alpha value is -2.79. The van der Waals surface area contributed by atoms with Crippen molar-refractivity contribution in [3.05, 3.63) is 76.4 Å². The van der Waals surface area contributed by atoms with Crippen molar-refractivity contribution in [3.63, 3.8) is 0 Å². The fourth-order valence-corrected chi connectivity index (χ4v) is 4.27. The molecule has 0 amide bonds. The lowest BCUT2D eigenvalue weighted by molar-refractivity contribution is 0.0515. The normalized spacial score (nSPS) is 11.1. The Morgan fingerprint density at radius 2 is 1.68 bits per heavy atom. The van der Waals surface area contributed by atoms with Crippen molar-refractivity contribution >= 4 is 43.6 Å². The molecule has 0 unspecified atom stereocenters. The van der Waals surface area contributed by atoms with Gasteiger partial charge < -0.3 is 14.0 Å². The Balaban J connectivity index is 2.07.